The second kappa shape index (κ2) is 7.73. The molecule has 1 aromatic heterocycles. The smallest absolute Gasteiger partial charge is 0.421 e. The zero-order valence-electron chi connectivity index (χ0n) is 19.3. The van der Waals surface area contributed by atoms with Gasteiger partial charge in [-0.1, -0.05) is 44.2 Å². The Morgan fingerprint density at radius 3 is 2.18 bits per heavy atom. The van der Waals surface area contributed by atoms with Crippen molar-refractivity contribution in [2.75, 3.05) is 0 Å². The Morgan fingerprint density at radius 2 is 1.64 bits per heavy atom. The lowest BCUT2D eigenvalue weighted by Gasteiger charge is -2.31. The Morgan fingerprint density at radius 1 is 1.03 bits per heavy atom. The molecule has 7 nitrogen and oxygen atoms in total. The molecule has 1 aliphatic carbocycles. The van der Waals surface area contributed by atoms with E-state index in [1.54, 1.807) is 39.1 Å². The molecule has 0 unspecified atom stereocenters. The molecule has 1 aliphatic rings. The molecule has 1 fully saturated rings. The van der Waals surface area contributed by atoms with Crippen LogP contribution in [0.1, 0.15) is 57.8 Å². The molecule has 2 aromatic carbocycles. The maximum Gasteiger partial charge on any atom is 0.421 e. The van der Waals surface area contributed by atoms with E-state index in [1.807, 2.05) is 30.3 Å². The second-order valence-corrected chi connectivity index (χ2v) is 11.8. The van der Waals surface area contributed by atoms with Crippen LogP contribution in [-0.2, 0) is 10.0 Å². The third-order valence-corrected chi connectivity index (χ3v) is 8.29. The summed E-state index contributed by atoms with van der Waals surface area (Å²) in [5.41, 5.74) is 0.691. The predicted octanol–water partition coefficient (Wildman–Crippen LogP) is 5.72. The molecule has 1 amide bonds. The summed E-state index contributed by atoms with van der Waals surface area (Å²) in [5.74, 6) is 1.61. The molecule has 0 bridgehead atoms. The van der Waals surface area contributed by atoms with E-state index in [2.05, 4.69) is 18.8 Å². The van der Waals surface area contributed by atoms with Gasteiger partial charge in [0.2, 0.25) is 5.89 Å². The number of benzene rings is 2. The Hall–Kier alpha value is -3.13. The van der Waals surface area contributed by atoms with Gasteiger partial charge in [0.05, 0.1) is 16.6 Å². The third kappa shape index (κ3) is 4.04. The summed E-state index contributed by atoms with van der Waals surface area (Å²) in [4.78, 5) is 16.1. The number of hydrogen-bond acceptors (Lipinski definition) is 5. The number of rotatable bonds is 5. The van der Waals surface area contributed by atoms with Crippen molar-refractivity contribution in [3.05, 3.63) is 72.1 Å². The van der Waals surface area contributed by atoms with Crippen LogP contribution in [-0.4, -0.2) is 34.4 Å². The first-order valence-electron chi connectivity index (χ1n) is 10.7. The third-order valence-electron chi connectivity index (χ3n) is 6.24. The number of oxazole rings is 1. The average Bonchev–Trinajstić information content (AvgIpc) is 3.06. The summed E-state index contributed by atoms with van der Waals surface area (Å²) in [6, 6.07) is 16.2. The van der Waals surface area contributed by atoms with E-state index < -0.39 is 21.7 Å². The van der Waals surface area contributed by atoms with Crippen LogP contribution >= 0.6 is 0 Å². The van der Waals surface area contributed by atoms with Crippen molar-refractivity contribution in [3.8, 4) is 11.5 Å². The molecule has 8 heteroatoms. The van der Waals surface area contributed by atoms with Crippen LogP contribution in [0.25, 0.3) is 11.5 Å². The first-order chi connectivity index (χ1) is 15.3. The van der Waals surface area contributed by atoms with Crippen molar-refractivity contribution < 1.29 is 22.7 Å². The summed E-state index contributed by atoms with van der Waals surface area (Å²) in [6.45, 7) is 8.93. The second-order valence-electron chi connectivity index (χ2n) is 10.0. The minimum atomic E-state index is -4.20. The molecule has 0 aliphatic heterocycles. The van der Waals surface area contributed by atoms with Gasteiger partial charge in [-0.05, 0) is 56.0 Å². The van der Waals surface area contributed by atoms with E-state index in [9.17, 15) is 18.3 Å². The minimum absolute atomic E-state index is 0.0513. The maximum atomic E-state index is 13.0. The predicted molar refractivity (Wildman–Crippen MR) is 124 cm³/mol. The van der Waals surface area contributed by atoms with Gasteiger partial charge in [-0.25, -0.2) is 18.2 Å². The number of carboxylic acid groups (broad SMARTS) is 1. The molecule has 0 saturated heterocycles. The van der Waals surface area contributed by atoms with Crippen LogP contribution in [0.3, 0.4) is 0 Å². The highest BCUT2D eigenvalue weighted by Crippen LogP contribution is 2.70. The molecule has 4 rings (SSSR count). The fourth-order valence-electron chi connectivity index (χ4n) is 4.64. The molecule has 1 N–H and O–H groups in total. The molecule has 0 spiro atoms. The molecule has 1 saturated carbocycles. The van der Waals surface area contributed by atoms with Crippen LogP contribution in [0.4, 0.5) is 4.79 Å². The van der Waals surface area contributed by atoms with Crippen molar-refractivity contribution in [1.82, 2.24) is 9.29 Å². The van der Waals surface area contributed by atoms with Gasteiger partial charge in [-0.15, -0.1) is 0 Å². The molecular weight excluding hydrogens is 440 g/mol. The zero-order valence-corrected chi connectivity index (χ0v) is 20.1. The SMILES string of the molecule is CC1(C)[C@H](c2ccc(S(=O)(=O)N(C(=O)O)C(C)(C)C)cc2)[C@H]1c1cnc(-c2ccccc2)o1. The van der Waals surface area contributed by atoms with Crippen LogP contribution < -0.4 is 0 Å². The van der Waals surface area contributed by atoms with Gasteiger partial charge in [0.1, 0.15) is 5.76 Å². The fourth-order valence-corrected chi connectivity index (χ4v) is 6.26. The number of nitrogens with zero attached hydrogens (tertiary/aromatic N) is 2. The Balaban J connectivity index is 1.60. The molecule has 174 valence electrons. The quantitative estimate of drug-likeness (QED) is 0.514. The normalized spacial score (nSPS) is 19.8. The van der Waals surface area contributed by atoms with Gasteiger partial charge in [0.25, 0.3) is 10.0 Å². The molecular formula is C25H28N2O5S. The zero-order chi connectivity index (χ0) is 24.2. The number of amides is 1. The van der Waals surface area contributed by atoms with Crippen LogP contribution in [0.2, 0.25) is 0 Å². The van der Waals surface area contributed by atoms with Crippen molar-refractivity contribution in [1.29, 1.82) is 0 Å². The Kier molecular flexibility index (Phi) is 5.40. The fraction of sp³-hybridized carbons (Fsp3) is 0.360. The minimum Gasteiger partial charge on any atom is -0.464 e. The summed E-state index contributed by atoms with van der Waals surface area (Å²) in [6.07, 6.45) is 0.260. The summed E-state index contributed by atoms with van der Waals surface area (Å²) in [5, 5.41) is 9.50. The Labute approximate surface area is 194 Å². The maximum absolute atomic E-state index is 13.0. The number of aromatic nitrogens is 1. The monoisotopic (exact) mass is 468 g/mol. The van der Waals surface area contributed by atoms with E-state index in [1.165, 1.54) is 12.1 Å². The highest BCUT2D eigenvalue weighted by atomic mass is 32.2. The van der Waals surface area contributed by atoms with Crippen LogP contribution in [0, 0.1) is 5.41 Å². The van der Waals surface area contributed by atoms with E-state index in [0.29, 0.717) is 10.2 Å². The van der Waals surface area contributed by atoms with Gasteiger partial charge in [-0.3, -0.25) is 0 Å². The topological polar surface area (TPSA) is 101 Å². The number of sulfonamides is 1. The number of carbonyl (C=O) groups is 1. The summed E-state index contributed by atoms with van der Waals surface area (Å²) in [7, 11) is -4.20. The molecule has 1 heterocycles. The first-order valence-corrected chi connectivity index (χ1v) is 12.2. The largest absolute Gasteiger partial charge is 0.464 e. The van der Waals surface area contributed by atoms with Gasteiger partial charge >= 0.3 is 6.09 Å². The van der Waals surface area contributed by atoms with E-state index in [4.69, 9.17) is 4.42 Å². The van der Waals surface area contributed by atoms with Crippen molar-refractivity contribution in [2.45, 2.75) is 56.9 Å². The lowest BCUT2D eigenvalue weighted by molar-refractivity contribution is 0.146. The van der Waals surface area contributed by atoms with Crippen molar-refractivity contribution >= 4 is 16.1 Å². The van der Waals surface area contributed by atoms with Crippen molar-refractivity contribution in [3.63, 3.8) is 0 Å². The highest BCUT2D eigenvalue weighted by Gasteiger charge is 2.60. The Bertz CT molecular complexity index is 1270. The lowest BCUT2D eigenvalue weighted by atomic mass is 10.0. The molecule has 3 aromatic rings. The van der Waals surface area contributed by atoms with Gasteiger partial charge in [0, 0.05) is 17.4 Å². The van der Waals surface area contributed by atoms with Crippen LogP contribution in [0.15, 0.2) is 70.1 Å². The van der Waals surface area contributed by atoms with Gasteiger partial charge in [-0.2, -0.15) is 4.31 Å². The number of hydrogen-bond donors (Lipinski definition) is 1. The lowest BCUT2D eigenvalue weighted by Crippen LogP contribution is -2.48. The first kappa shape index (κ1) is 23.0. The highest BCUT2D eigenvalue weighted by molar-refractivity contribution is 7.89. The standard InChI is InChI=1S/C25H28N2O5S/c1-24(2,3)27(23(28)29)33(30,31)18-13-11-16(12-14-18)20-21(25(20,4)5)19-15-26-22(32-19)17-9-7-6-8-10-17/h6-15,20-21H,1-5H3,(H,28,29)/t20-,21-/m1/s1. The van der Waals surface area contributed by atoms with Gasteiger partial charge in [0.15, 0.2) is 0 Å². The average molecular weight is 469 g/mol. The molecule has 33 heavy (non-hydrogen) atoms. The van der Waals surface area contributed by atoms with Crippen molar-refractivity contribution in [2.24, 2.45) is 5.41 Å². The van der Waals surface area contributed by atoms with E-state index >= 15 is 0 Å². The summed E-state index contributed by atoms with van der Waals surface area (Å²) < 4.78 is 32.6. The molecule has 0 radical (unpaired) electrons. The van der Waals surface area contributed by atoms with E-state index in [0.717, 1.165) is 16.9 Å². The molecule has 2 atom stereocenters. The van der Waals surface area contributed by atoms with Crippen LogP contribution in [0.5, 0.6) is 0 Å². The van der Waals surface area contributed by atoms with E-state index in [-0.39, 0.29) is 22.1 Å². The van der Waals surface area contributed by atoms with Gasteiger partial charge < -0.3 is 9.52 Å². The summed E-state index contributed by atoms with van der Waals surface area (Å²) >= 11 is 0.